The number of anilines is 2. The summed E-state index contributed by atoms with van der Waals surface area (Å²) in [4.78, 5) is 37.4. The number of amides is 2. The SMILES string of the molecule is C[Si](C)(C)CCOCn1nc(/C=C/c2ccccc2NC=O)c2ccc(C(=O)c3cccc(NC(=O)c4ccccc4)c3)cc21. The summed E-state index contributed by atoms with van der Waals surface area (Å²) in [5, 5.41) is 11.3. The first kappa shape index (κ1) is 31.3. The molecule has 0 radical (unpaired) electrons. The van der Waals surface area contributed by atoms with Gasteiger partial charge in [-0.2, -0.15) is 5.10 Å². The quantitative estimate of drug-likeness (QED) is 0.0615. The van der Waals surface area contributed by atoms with Gasteiger partial charge in [0.05, 0.1) is 11.2 Å². The van der Waals surface area contributed by atoms with E-state index in [4.69, 9.17) is 9.84 Å². The van der Waals surface area contributed by atoms with Gasteiger partial charge >= 0.3 is 0 Å². The smallest absolute Gasteiger partial charge is 0.255 e. The fourth-order valence-electron chi connectivity index (χ4n) is 4.80. The highest BCUT2D eigenvalue weighted by atomic mass is 28.3. The van der Waals surface area contributed by atoms with Crippen LogP contribution in [0.5, 0.6) is 0 Å². The van der Waals surface area contributed by atoms with E-state index in [0.29, 0.717) is 46.8 Å². The van der Waals surface area contributed by atoms with Crippen molar-refractivity contribution in [2.45, 2.75) is 32.4 Å². The van der Waals surface area contributed by atoms with E-state index in [2.05, 4.69) is 30.3 Å². The van der Waals surface area contributed by atoms with Crippen molar-refractivity contribution < 1.29 is 19.1 Å². The molecular weight excluding hydrogens is 581 g/mol. The van der Waals surface area contributed by atoms with E-state index in [-0.39, 0.29) is 18.4 Å². The Morgan fingerprint density at radius 1 is 0.844 bits per heavy atom. The van der Waals surface area contributed by atoms with E-state index < -0.39 is 8.07 Å². The summed E-state index contributed by atoms with van der Waals surface area (Å²) in [6.07, 6.45) is 4.45. The van der Waals surface area contributed by atoms with Crippen LogP contribution in [0.3, 0.4) is 0 Å². The molecule has 0 fully saturated rings. The number of benzene rings is 4. The Kier molecular flexibility index (Phi) is 9.81. The standard InChI is InChI=1S/C36H36N4O4Si/c1-45(2,3)21-20-44-25-40-34-23-29(16-18-31(34)33(39-40)19-17-26-10-7-8-15-32(26)37-24-41)35(42)28-13-9-14-30(22-28)38-36(43)27-11-5-4-6-12-27/h4-19,22-24H,20-21,25H2,1-3H3,(H,37,41)(H,38,43)/b19-17+. The van der Waals surface area contributed by atoms with Crippen molar-refractivity contribution in [3.63, 3.8) is 0 Å². The number of ketones is 1. The topological polar surface area (TPSA) is 102 Å². The Morgan fingerprint density at radius 2 is 1.58 bits per heavy atom. The third-order valence-corrected chi connectivity index (χ3v) is 8.97. The average Bonchev–Trinajstić information content (AvgIpc) is 3.39. The number of carbonyl (C=O) groups excluding carboxylic acids is 3. The molecule has 0 aliphatic carbocycles. The molecule has 8 nitrogen and oxygen atoms in total. The first-order chi connectivity index (χ1) is 21.7. The lowest BCUT2D eigenvalue weighted by Crippen LogP contribution is -2.22. The van der Waals surface area contributed by atoms with Gasteiger partial charge < -0.3 is 15.4 Å². The Morgan fingerprint density at radius 3 is 2.36 bits per heavy atom. The third-order valence-electron chi connectivity index (χ3n) is 7.27. The van der Waals surface area contributed by atoms with Gasteiger partial charge in [-0.3, -0.25) is 14.4 Å². The van der Waals surface area contributed by atoms with Crippen LogP contribution in [0.25, 0.3) is 23.1 Å². The number of nitrogens with one attached hydrogen (secondary N) is 2. The van der Waals surface area contributed by atoms with Gasteiger partial charge in [0.1, 0.15) is 6.73 Å². The molecule has 5 rings (SSSR count). The molecule has 0 spiro atoms. The van der Waals surface area contributed by atoms with Gasteiger partial charge in [-0.1, -0.05) is 80.3 Å². The minimum absolute atomic E-state index is 0.175. The summed E-state index contributed by atoms with van der Waals surface area (Å²) >= 11 is 0. The number of fused-ring (bicyclic) bond motifs is 1. The zero-order chi connectivity index (χ0) is 31.8. The third kappa shape index (κ3) is 8.08. The minimum Gasteiger partial charge on any atom is -0.360 e. The van der Waals surface area contributed by atoms with Crippen molar-refractivity contribution >= 4 is 60.6 Å². The lowest BCUT2D eigenvalue weighted by molar-refractivity contribution is -0.105. The summed E-state index contributed by atoms with van der Waals surface area (Å²) in [6, 6.07) is 29.9. The molecule has 0 aliphatic heterocycles. The largest absolute Gasteiger partial charge is 0.360 e. The monoisotopic (exact) mass is 616 g/mol. The summed E-state index contributed by atoms with van der Waals surface area (Å²) < 4.78 is 7.82. The molecule has 1 heterocycles. The maximum absolute atomic E-state index is 13.7. The predicted octanol–water partition coefficient (Wildman–Crippen LogP) is 7.57. The average molecular weight is 617 g/mol. The van der Waals surface area contributed by atoms with Gasteiger partial charge in [0.2, 0.25) is 6.41 Å². The van der Waals surface area contributed by atoms with E-state index in [1.807, 2.05) is 54.6 Å². The van der Waals surface area contributed by atoms with Gasteiger partial charge in [0, 0.05) is 48.1 Å². The molecule has 0 saturated heterocycles. The number of hydrogen-bond donors (Lipinski definition) is 2. The molecular formula is C36H36N4O4Si. The van der Waals surface area contributed by atoms with Crippen molar-refractivity contribution in [3.8, 4) is 0 Å². The molecule has 0 saturated carbocycles. The maximum atomic E-state index is 13.7. The molecule has 0 aliphatic rings. The molecule has 4 aromatic carbocycles. The van der Waals surface area contributed by atoms with Crippen molar-refractivity contribution in [1.82, 2.24) is 9.78 Å². The first-order valence-corrected chi connectivity index (χ1v) is 18.5. The Balaban J connectivity index is 1.44. The summed E-state index contributed by atoms with van der Waals surface area (Å²) in [6.45, 7) is 7.80. The number of carbonyl (C=O) groups is 3. The predicted molar refractivity (Wildman–Crippen MR) is 183 cm³/mol. The zero-order valence-electron chi connectivity index (χ0n) is 25.6. The normalized spacial score (nSPS) is 11.5. The van der Waals surface area contributed by atoms with Crippen molar-refractivity contribution in [2.24, 2.45) is 0 Å². The van der Waals surface area contributed by atoms with Crippen LogP contribution in [0.4, 0.5) is 11.4 Å². The highest BCUT2D eigenvalue weighted by Crippen LogP contribution is 2.26. The van der Waals surface area contributed by atoms with Crippen molar-refractivity contribution in [1.29, 1.82) is 0 Å². The first-order valence-electron chi connectivity index (χ1n) is 14.8. The minimum atomic E-state index is -1.27. The van der Waals surface area contributed by atoms with Crippen LogP contribution < -0.4 is 10.6 Å². The molecule has 9 heteroatoms. The van der Waals surface area contributed by atoms with Gasteiger partial charge in [-0.05, 0) is 60.1 Å². The summed E-state index contributed by atoms with van der Waals surface area (Å²) in [5.41, 5.74) is 5.03. The van der Waals surface area contributed by atoms with Gasteiger partial charge in [-0.25, -0.2) is 4.68 Å². The second-order valence-corrected chi connectivity index (χ2v) is 17.5. The lowest BCUT2D eigenvalue weighted by Gasteiger charge is -2.15. The molecule has 2 amide bonds. The van der Waals surface area contributed by atoms with Crippen LogP contribution in [0.2, 0.25) is 25.7 Å². The van der Waals surface area contributed by atoms with E-state index >= 15 is 0 Å². The van der Waals surface area contributed by atoms with Gasteiger partial charge in [0.15, 0.2) is 5.78 Å². The van der Waals surface area contributed by atoms with Crippen LogP contribution in [0, 0.1) is 0 Å². The highest BCUT2D eigenvalue weighted by Gasteiger charge is 2.17. The van der Waals surface area contributed by atoms with E-state index in [1.54, 1.807) is 59.3 Å². The van der Waals surface area contributed by atoms with Gasteiger partial charge in [-0.15, -0.1) is 0 Å². The van der Waals surface area contributed by atoms with Crippen LogP contribution in [-0.4, -0.2) is 42.6 Å². The van der Waals surface area contributed by atoms with Crippen molar-refractivity contribution in [2.75, 3.05) is 17.2 Å². The van der Waals surface area contributed by atoms with Gasteiger partial charge in [0.25, 0.3) is 5.91 Å². The van der Waals surface area contributed by atoms with Crippen LogP contribution in [-0.2, 0) is 16.3 Å². The van der Waals surface area contributed by atoms with Crippen molar-refractivity contribution in [3.05, 3.63) is 125 Å². The molecule has 0 bridgehead atoms. The van der Waals surface area contributed by atoms with E-state index in [9.17, 15) is 14.4 Å². The maximum Gasteiger partial charge on any atom is 0.255 e. The highest BCUT2D eigenvalue weighted by molar-refractivity contribution is 6.76. The number of nitrogens with zero attached hydrogens (tertiary/aromatic N) is 2. The van der Waals surface area contributed by atoms with Crippen LogP contribution in [0.15, 0.2) is 97.1 Å². The molecule has 0 atom stereocenters. The molecule has 45 heavy (non-hydrogen) atoms. The lowest BCUT2D eigenvalue weighted by atomic mass is 10.0. The number of aromatic nitrogens is 2. The summed E-state index contributed by atoms with van der Waals surface area (Å²) in [7, 11) is -1.27. The number of ether oxygens (including phenoxy) is 1. The number of hydrogen-bond acceptors (Lipinski definition) is 5. The number of para-hydroxylation sites is 1. The fourth-order valence-corrected chi connectivity index (χ4v) is 5.55. The van der Waals surface area contributed by atoms with Crippen LogP contribution in [0.1, 0.15) is 37.5 Å². The molecule has 228 valence electrons. The second-order valence-electron chi connectivity index (χ2n) is 11.9. The molecule has 5 aromatic rings. The molecule has 1 aromatic heterocycles. The Labute approximate surface area is 263 Å². The van der Waals surface area contributed by atoms with E-state index in [1.165, 1.54) is 0 Å². The molecule has 0 unspecified atom stereocenters. The molecule has 2 N–H and O–H groups in total. The number of rotatable bonds is 13. The summed E-state index contributed by atoms with van der Waals surface area (Å²) in [5.74, 6) is -0.420. The second kappa shape index (κ2) is 14.1. The van der Waals surface area contributed by atoms with E-state index in [0.717, 1.165) is 22.5 Å². The van der Waals surface area contributed by atoms with Crippen LogP contribution >= 0.6 is 0 Å². The fraction of sp³-hybridized carbons (Fsp3) is 0.167. The zero-order valence-corrected chi connectivity index (χ0v) is 26.6. The Hall–Kier alpha value is -5.12. The Bertz CT molecular complexity index is 1860.